The van der Waals surface area contributed by atoms with E-state index in [1.807, 2.05) is 51.0 Å². The van der Waals surface area contributed by atoms with Crippen LogP contribution < -0.4 is 4.74 Å². The van der Waals surface area contributed by atoms with Gasteiger partial charge in [0.1, 0.15) is 5.76 Å². The highest BCUT2D eigenvalue weighted by atomic mass is 16.5. The summed E-state index contributed by atoms with van der Waals surface area (Å²) in [6, 6.07) is 14.2. The molecule has 3 aromatic rings. The van der Waals surface area contributed by atoms with Crippen molar-refractivity contribution in [2.24, 2.45) is 10.9 Å². The lowest BCUT2D eigenvalue weighted by molar-refractivity contribution is 0.279. The highest BCUT2D eigenvalue weighted by Crippen LogP contribution is 2.22. The molecule has 0 aliphatic heterocycles. The summed E-state index contributed by atoms with van der Waals surface area (Å²) in [6.07, 6.45) is 6.00. The van der Waals surface area contributed by atoms with Crippen molar-refractivity contribution in [2.45, 2.75) is 47.0 Å². The van der Waals surface area contributed by atoms with Gasteiger partial charge in [0.2, 0.25) is 5.88 Å². The SMILES string of the molecule is CC.CC(C)CCOc1cc(CCc2cccc(-c3ccco3)c2)nc(/N=C/N(C)C)n1. The fourth-order valence-corrected chi connectivity index (χ4v) is 2.88. The Hall–Kier alpha value is -3.15. The van der Waals surface area contributed by atoms with Gasteiger partial charge in [-0.3, -0.25) is 0 Å². The number of aromatic nitrogens is 2. The maximum absolute atomic E-state index is 5.87. The zero-order valence-corrected chi connectivity index (χ0v) is 20.2. The third-order valence-electron chi connectivity index (χ3n) is 4.50. The lowest BCUT2D eigenvalue weighted by Gasteiger charge is -2.10. The van der Waals surface area contributed by atoms with Crippen LogP contribution in [0.1, 0.15) is 45.4 Å². The molecule has 1 aromatic carbocycles. The first-order valence-electron chi connectivity index (χ1n) is 11.3. The highest BCUT2D eigenvalue weighted by molar-refractivity contribution is 5.58. The Bertz CT molecular complexity index is 950. The van der Waals surface area contributed by atoms with Crippen LogP contribution in [0.15, 0.2) is 58.1 Å². The van der Waals surface area contributed by atoms with Gasteiger partial charge in [-0.25, -0.2) is 9.98 Å². The van der Waals surface area contributed by atoms with Crippen LogP contribution in [0.25, 0.3) is 11.3 Å². The number of hydrogen-bond donors (Lipinski definition) is 0. The molecule has 0 radical (unpaired) electrons. The number of hydrogen-bond acceptors (Lipinski definition) is 5. The van der Waals surface area contributed by atoms with Crippen LogP contribution in [0.5, 0.6) is 5.88 Å². The van der Waals surface area contributed by atoms with Gasteiger partial charge in [0.15, 0.2) is 0 Å². The molecule has 6 nitrogen and oxygen atoms in total. The van der Waals surface area contributed by atoms with E-state index in [0.717, 1.165) is 36.3 Å². The summed E-state index contributed by atoms with van der Waals surface area (Å²) >= 11 is 0. The van der Waals surface area contributed by atoms with E-state index < -0.39 is 0 Å². The van der Waals surface area contributed by atoms with Gasteiger partial charge in [-0.05, 0) is 48.9 Å². The van der Waals surface area contributed by atoms with Gasteiger partial charge in [0.05, 0.1) is 24.9 Å². The third kappa shape index (κ3) is 8.53. The van der Waals surface area contributed by atoms with Crippen LogP contribution in [0.4, 0.5) is 5.95 Å². The summed E-state index contributed by atoms with van der Waals surface area (Å²) in [5, 5.41) is 0. The van der Waals surface area contributed by atoms with E-state index in [0.29, 0.717) is 24.4 Å². The Balaban J connectivity index is 0.00000176. The molecular weight excluding hydrogens is 400 g/mol. The van der Waals surface area contributed by atoms with Gasteiger partial charge in [-0.2, -0.15) is 4.98 Å². The summed E-state index contributed by atoms with van der Waals surface area (Å²) in [4.78, 5) is 15.3. The molecule has 0 unspecified atom stereocenters. The van der Waals surface area contributed by atoms with E-state index >= 15 is 0 Å². The first-order valence-corrected chi connectivity index (χ1v) is 11.3. The molecule has 0 aliphatic rings. The smallest absolute Gasteiger partial charge is 0.254 e. The number of rotatable bonds is 10. The van der Waals surface area contributed by atoms with Gasteiger partial charge in [-0.1, -0.05) is 45.9 Å². The minimum absolute atomic E-state index is 0.421. The molecule has 0 saturated heterocycles. The fraction of sp³-hybridized carbons (Fsp3) is 0.423. The van der Waals surface area contributed by atoms with Crippen LogP contribution in [0.2, 0.25) is 0 Å². The fourth-order valence-electron chi connectivity index (χ4n) is 2.88. The first kappa shape index (κ1) is 25.1. The molecule has 0 N–H and O–H groups in total. The maximum atomic E-state index is 5.87. The van der Waals surface area contributed by atoms with E-state index in [4.69, 9.17) is 9.15 Å². The Morgan fingerprint density at radius 3 is 2.56 bits per heavy atom. The van der Waals surface area contributed by atoms with Crippen molar-refractivity contribution in [3.8, 4) is 17.2 Å². The van der Waals surface area contributed by atoms with Crippen LogP contribution in [0.3, 0.4) is 0 Å². The Kier molecular flexibility index (Phi) is 10.4. The largest absolute Gasteiger partial charge is 0.478 e. The second kappa shape index (κ2) is 13.3. The first-order chi connectivity index (χ1) is 15.5. The second-order valence-corrected chi connectivity index (χ2v) is 7.91. The van der Waals surface area contributed by atoms with Crippen molar-refractivity contribution in [3.63, 3.8) is 0 Å². The van der Waals surface area contributed by atoms with Gasteiger partial charge >= 0.3 is 0 Å². The number of nitrogens with zero attached hydrogens (tertiary/aromatic N) is 4. The molecule has 32 heavy (non-hydrogen) atoms. The molecular formula is C26H36N4O2. The molecule has 6 heteroatoms. The Morgan fingerprint density at radius 1 is 1.06 bits per heavy atom. The van der Waals surface area contributed by atoms with E-state index in [1.165, 1.54) is 5.56 Å². The quantitative estimate of drug-likeness (QED) is 0.280. The Labute approximate surface area is 192 Å². The standard InChI is InChI=1S/C24H30N4O2.C2H6/c1-18(2)12-14-30-23-16-21(26-24(27-23)25-17-28(3)4)11-10-19-7-5-8-20(15-19)22-9-6-13-29-22;1-2/h5-9,13,15-18H,10-12,14H2,1-4H3;1-2H3/b25-17+;. The van der Waals surface area contributed by atoms with Gasteiger partial charge in [0.25, 0.3) is 5.95 Å². The van der Waals surface area contributed by atoms with Gasteiger partial charge in [-0.15, -0.1) is 0 Å². The molecule has 0 fully saturated rings. The molecule has 0 bridgehead atoms. The summed E-state index contributed by atoms with van der Waals surface area (Å²) in [5.74, 6) is 2.46. The summed E-state index contributed by atoms with van der Waals surface area (Å²) in [7, 11) is 3.83. The summed E-state index contributed by atoms with van der Waals surface area (Å²) in [6.45, 7) is 8.99. The topological polar surface area (TPSA) is 63.8 Å². The van der Waals surface area contributed by atoms with Crippen molar-refractivity contribution in [3.05, 3.63) is 60.0 Å². The number of benzene rings is 1. The normalized spacial score (nSPS) is 10.8. The lowest BCUT2D eigenvalue weighted by Crippen LogP contribution is -2.08. The van der Waals surface area contributed by atoms with Gasteiger partial charge in [0, 0.05) is 25.7 Å². The number of furan rings is 1. The van der Waals surface area contributed by atoms with E-state index in [2.05, 4.69) is 53.1 Å². The molecule has 0 atom stereocenters. The van der Waals surface area contributed by atoms with Crippen LogP contribution >= 0.6 is 0 Å². The van der Waals surface area contributed by atoms with E-state index in [1.54, 1.807) is 12.6 Å². The molecule has 0 saturated carbocycles. The molecule has 0 amide bonds. The van der Waals surface area contributed by atoms with E-state index in [-0.39, 0.29) is 0 Å². The molecule has 0 aliphatic carbocycles. The third-order valence-corrected chi connectivity index (χ3v) is 4.50. The molecule has 0 spiro atoms. The minimum Gasteiger partial charge on any atom is -0.478 e. The summed E-state index contributed by atoms with van der Waals surface area (Å²) in [5.41, 5.74) is 3.22. The predicted octanol–water partition coefficient (Wildman–Crippen LogP) is 6.19. The Morgan fingerprint density at radius 2 is 1.88 bits per heavy atom. The molecule has 3 rings (SSSR count). The van der Waals surface area contributed by atoms with Crippen LogP contribution in [0, 0.1) is 5.92 Å². The lowest BCUT2D eigenvalue weighted by atomic mass is 10.0. The molecule has 2 heterocycles. The zero-order chi connectivity index (χ0) is 23.3. The monoisotopic (exact) mass is 436 g/mol. The maximum Gasteiger partial charge on any atom is 0.254 e. The average Bonchev–Trinajstić information content (AvgIpc) is 3.33. The minimum atomic E-state index is 0.421. The zero-order valence-electron chi connectivity index (χ0n) is 20.2. The van der Waals surface area contributed by atoms with Crippen molar-refractivity contribution < 1.29 is 9.15 Å². The van der Waals surface area contributed by atoms with Crippen LogP contribution in [-0.2, 0) is 12.8 Å². The second-order valence-electron chi connectivity index (χ2n) is 7.91. The highest BCUT2D eigenvalue weighted by Gasteiger charge is 2.08. The number of ether oxygens (including phenoxy) is 1. The van der Waals surface area contributed by atoms with Crippen molar-refractivity contribution in [1.29, 1.82) is 0 Å². The molecule has 2 aromatic heterocycles. The van der Waals surface area contributed by atoms with Crippen LogP contribution in [-0.4, -0.2) is 41.9 Å². The van der Waals surface area contributed by atoms with Gasteiger partial charge < -0.3 is 14.1 Å². The summed E-state index contributed by atoms with van der Waals surface area (Å²) < 4.78 is 11.4. The molecule has 172 valence electrons. The number of aliphatic imine (C=N–C) groups is 1. The average molecular weight is 437 g/mol. The van der Waals surface area contributed by atoms with Crippen molar-refractivity contribution in [1.82, 2.24) is 14.9 Å². The van der Waals surface area contributed by atoms with Crippen molar-refractivity contribution in [2.75, 3.05) is 20.7 Å². The predicted molar refractivity (Wildman–Crippen MR) is 132 cm³/mol. The van der Waals surface area contributed by atoms with Crippen molar-refractivity contribution >= 4 is 12.3 Å². The number of aryl methyl sites for hydroxylation is 2. The van der Waals surface area contributed by atoms with E-state index in [9.17, 15) is 0 Å².